The average molecular weight is 197 g/mol. The summed E-state index contributed by atoms with van der Waals surface area (Å²) in [6, 6.07) is 4.03. The minimum Gasteiger partial charge on any atom is -0.156 e. The Morgan fingerprint density at radius 1 is 1.67 bits per heavy atom. The van der Waals surface area contributed by atoms with Crippen molar-refractivity contribution in [3.63, 3.8) is 0 Å². The molecule has 1 aliphatic heterocycles. The van der Waals surface area contributed by atoms with Crippen LogP contribution >= 0.6 is 23.3 Å². The molecule has 0 saturated heterocycles. The van der Waals surface area contributed by atoms with Gasteiger partial charge in [-0.15, -0.1) is 15.9 Å². The lowest BCUT2D eigenvalue weighted by Crippen LogP contribution is -1.93. The molecule has 0 amide bonds. The number of hydrazone groups is 2. The Hall–Kier alpha value is -0.810. The van der Waals surface area contributed by atoms with Gasteiger partial charge in [0.15, 0.2) is 0 Å². The third kappa shape index (κ3) is 1.86. The number of thiophene rings is 1. The Morgan fingerprint density at radius 2 is 2.67 bits per heavy atom. The van der Waals surface area contributed by atoms with Crippen molar-refractivity contribution >= 4 is 35.7 Å². The van der Waals surface area contributed by atoms with Crippen LogP contribution < -0.4 is 0 Å². The first kappa shape index (κ1) is 7.82. The summed E-state index contributed by atoms with van der Waals surface area (Å²) in [4.78, 5) is 1.15. The van der Waals surface area contributed by atoms with E-state index in [1.165, 1.54) is 0 Å². The van der Waals surface area contributed by atoms with E-state index in [0.717, 1.165) is 10.6 Å². The molecular weight excluding hydrogens is 190 g/mol. The minimum absolute atomic E-state index is 0.918. The first-order valence-corrected chi connectivity index (χ1v) is 5.30. The van der Waals surface area contributed by atoms with Gasteiger partial charge in [-0.1, -0.05) is 6.07 Å². The largest absolute Gasteiger partial charge is 0.156 e. The van der Waals surface area contributed by atoms with Gasteiger partial charge in [-0.25, -0.2) is 0 Å². The molecule has 0 unspecified atom stereocenters. The lowest BCUT2D eigenvalue weighted by atomic mass is 10.5. The Bertz CT molecular complexity index is 292. The molecule has 0 atom stereocenters. The number of hydrogen-bond donors (Lipinski definition) is 0. The van der Waals surface area contributed by atoms with Gasteiger partial charge in [0, 0.05) is 23.0 Å². The van der Waals surface area contributed by atoms with Crippen molar-refractivity contribution in [2.45, 2.75) is 0 Å². The highest BCUT2D eigenvalue weighted by Gasteiger charge is 2.02. The van der Waals surface area contributed by atoms with E-state index in [4.69, 9.17) is 0 Å². The van der Waals surface area contributed by atoms with Gasteiger partial charge < -0.3 is 0 Å². The van der Waals surface area contributed by atoms with Crippen molar-refractivity contribution in [3.05, 3.63) is 22.4 Å². The second-order valence-corrected chi connectivity index (χ2v) is 4.00. The van der Waals surface area contributed by atoms with Crippen molar-refractivity contribution < 1.29 is 0 Å². The Labute approximate surface area is 78.9 Å². The summed E-state index contributed by atoms with van der Waals surface area (Å²) < 4.78 is 1.62. The quantitative estimate of drug-likeness (QED) is 0.536. The van der Waals surface area contributed by atoms with Gasteiger partial charge >= 0.3 is 0 Å². The van der Waals surface area contributed by atoms with Crippen LogP contribution in [0.1, 0.15) is 4.88 Å². The molecular formula is C7H7N3S2. The van der Waals surface area contributed by atoms with E-state index >= 15 is 0 Å². The topological polar surface area (TPSA) is 28.0 Å². The summed E-state index contributed by atoms with van der Waals surface area (Å²) in [6.07, 6.45) is 3.66. The number of nitrogens with zero attached hydrogens (tertiary/aromatic N) is 3. The van der Waals surface area contributed by atoms with Gasteiger partial charge in [0.2, 0.25) is 0 Å². The van der Waals surface area contributed by atoms with Crippen molar-refractivity contribution in [1.29, 1.82) is 0 Å². The van der Waals surface area contributed by atoms with Crippen LogP contribution in [0.4, 0.5) is 0 Å². The lowest BCUT2D eigenvalue weighted by molar-refractivity contribution is 0.556. The average Bonchev–Trinajstić information content (AvgIpc) is 2.74. The van der Waals surface area contributed by atoms with Gasteiger partial charge in [-0.05, 0) is 11.4 Å². The molecule has 2 heterocycles. The van der Waals surface area contributed by atoms with Crippen molar-refractivity contribution in [1.82, 2.24) is 4.52 Å². The fourth-order valence-electron chi connectivity index (χ4n) is 0.771. The Kier molecular flexibility index (Phi) is 2.43. The summed E-state index contributed by atoms with van der Waals surface area (Å²) in [7, 11) is 0. The molecule has 0 spiro atoms. The van der Waals surface area contributed by atoms with Crippen molar-refractivity contribution in [2.75, 3.05) is 5.75 Å². The Balaban J connectivity index is 1.98. The maximum absolute atomic E-state index is 4.15. The molecule has 12 heavy (non-hydrogen) atoms. The predicted octanol–water partition coefficient (Wildman–Crippen LogP) is 2.03. The normalized spacial score (nSPS) is 16.5. The molecule has 0 N–H and O–H groups in total. The molecule has 1 aliphatic rings. The summed E-state index contributed by atoms with van der Waals surface area (Å²) in [5.74, 6) is 0.918. The molecule has 0 bridgehead atoms. The molecule has 1 aromatic rings. The summed E-state index contributed by atoms with van der Waals surface area (Å²) in [5.41, 5.74) is 0. The van der Waals surface area contributed by atoms with E-state index < -0.39 is 0 Å². The van der Waals surface area contributed by atoms with E-state index in [9.17, 15) is 0 Å². The molecule has 0 fully saturated rings. The summed E-state index contributed by atoms with van der Waals surface area (Å²) in [6.45, 7) is 0. The van der Waals surface area contributed by atoms with Crippen LogP contribution in [0.25, 0.3) is 0 Å². The van der Waals surface area contributed by atoms with E-state index in [1.54, 1.807) is 27.8 Å². The minimum atomic E-state index is 0.918. The molecule has 0 aromatic carbocycles. The highest BCUT2D eigenvalue weighted by atomic mass is 32.2. The molecule has 0 radical (unpaired) electrons. The van der Waals surface area contributed by atoms with Crippen molar-refractivity contribution in [2.24, 2.45) is 10.2 Å². The fourth-order valence-corrected chi connectivity index (χ4v) is 1.86. The highest BCUT2D eigenvalue weighted by molar-refractivity contribution is 7.97. The molecule has 3 nitrogen and oxygen atoms in total. The first-order chi connectivity index (χ1) is 5.95. The van der Waals surface area contributed by atoms with Crippen LogP contribution in [0.3, 0.4) is 0 Å². The summed E-state index contributed by atoms with van der Waals surface area (Å²) >= 11 is 3.25. The van der Waals surface area contributed by atoms with Crippen LogP contribution in [-0.2, 0) is 0 Å². The lowest BCUT2D eigenvalue weighted by Gasteiger charge is -2.01. The van der Waals surface area contributed by atoms with E-state index in [-0.39, 0.29) is 0 Å². The Morgan fingerprint density at radius 3 is 3.33 bits per heavy atom. The van der Waals surface area contributed by atoms with E-state index in [2.05, 4.69) is 10.2 Å². The molecule has 0 saturated carbocycles. The van der Waals surface area contributed by atoms with Crippen LogP contribution in [0.5, 0.6) is 0 Å². The monoisotopic (exact) mass is 197 g/mol. The standard InChI is InChI=1S/C7H7N3S2/c1-2-7(11-4-1)6-9-10-8-3-5-12-10/h1-4,6H,5H2. The van der Waals surface area contributed by atoms with Crippen LogP contribution in [0.15, 0.2) is 27.7 Å². The highest BCUT2D eigenvalue weighted by Crippen LogP contribution is 2.15. The van der Waals surface area contributed by atoms with Gasteiger partial charge in [-0.3, -0.25) is 0 Å². The zero-order chi connectivity index (χ0) is 8.23. The zero-order valence-corrected chi connectivity index (χ0v) is 7.88. The fraction of sp³-hybridized carbons (Fsp3) is 0.143. The molecule has 5 heteroatoms. The van der Waals surface area contributed by atoms with Crippen LogP contribution in [0, 0.1) is 0 Å². The maximum Gasteiger partial charge on any atom is 0.0674 e. The van der Waals surface area contributed by atoms with E-state index in [1.807, 2.05) is 29.9 Å². The second-order valence-electron chi connectivity index (χ2n) is 2.11. The second kappa shape index (κ2) is 3.73. The van der Waals surface area contributed by atoms with Gasteiger partial charge in [0.05, 0.1) is 12.0 Å². The van der Waals surface area contributed by atoms with Gasteiger partial charge in [-0.2, -0.15) is 10.2 Å². The smallest absolute Gasteiger partial charge is 0.0674 e. The van der Waals surface area contributed by atoms with Gasteiger partial charge in [0.25, 0.3) is 0 Å². The third-order valence-corrected chi connectivity index (χ3v) is 2.80. The molecule has 62 valence electrons. The van der Waals surface area contributed by atoms with Crippen LogP contribution in [0.2, 0.25) is 0 Å². The molecule has 2 rings (SSSR count). The van der Waals surface area contributed by atoms with Crippen molar-refractivity contribution in [3.8, 4) is 0 Å². The predicted molar refractivity (Wildman–Crippen MR) is 54.7 cm³/mol. The molecule has 0 aliphatic carbocycles. The maximum atomic E-state index is 4.15. The first-order valence-electron chi connectivity index (χ1n) is 3.48. The number of rotatable bonds is 2. The van der Waals surface area contributed by atoms with Crippen LogP contribution in [-0.4, -0.2) is 22.7 Å². The van der Waals surface area contributed by atoms with Gasteiger partial charge in [0.1, 0.15) is 0 Å². The SMILES string of the molecule is C1=NN(N=Cc2cccs2)SC1. The summed E-state index contributed by atoms with van der Waals surface area (Å²) in [5, 5.41) is 10.2. The van der Waals surface area contributed by atoms with E-state index in [0.29, 0.717) is 0 Å². The number of hydrogen-bond acceptors (Lipinski definition) is 5. The third-order valence-electron chi connectivity index (χ3n) is 1.27. The molecule has 1 aromatic heterocycles. The zero-order valence-electron chi connectivity index (χ0n) is 6.25.